The Kier molecular flexibility index (Phi) is 4.41. The Balaban J connectivity index is 1.64. The molecule has 0 spiro atoms. The average Bonchev–Trinajstić information content (AvgIpc) is 3.35. The third-order valence-electron chi connectivity index (χ3n) is 4.17. The van der Waals surface area contributed by atoms with Crippen LogP contribution in [0.2, 0.25) is 0 Å². The monoisotopic (exact) mass is 364 g/mol. The normalized spacial score (nSPS) is 11.1. The average molecular weight is 364 g/mol. The molecule has 4 rings (SSSR count). The summed E-state index contributed by atoms with van der Waals surface area (Å²) in [5.74, 6) is 2.74. The van der Waals surface area contributed by atoms with E-state index in [-0.39, 0.29) is 6.61 Å². The Morgan fingerprint density at radius 2 is 1.96 bits per heavy atom. The zero-order valence-electron chi connectivity index (χ0n) is 15.4. The summed E-state index contributed by atoms with van der Waals surface area (Å²) in [6, 6.07) is 7.88. The predicted molar refractivity (Wildman–Crippen MR) is 97.4 cm³/mol. The third kappa shape index (κ3) is 3.57. The van der Waals surface area contributed by atoms with Crippen LogP contribution in [0, 0.1) is 6.92 Å². The van der Waals surface area contributed by atoms with Crippen molar-refractivity contribution in [1.82, 2.24) is 39.3 Å². The van der Waals surface area contributed by atoms with Gasteiger partial charge in [-0.25, -0.2) is 9.67 Å². The molecule has 4 aromatic rings. The lowest BCUT2D eigenvalue weighted by Crippen LogP contribution is -2.12. The molecule has 0 bridgehead atoms. The summed E-state index contributed by atoms with van der Waals surface area (Å²) in [5, 5.41) is 12.9. The van der Waals surface area contributed by atoms with E-state index < -0.39 is 0 Å². The fourth-order valence-corrected chi connectivity index (χ4v) is 2.81. The number of benzene rings is 1. The zero-order chi connectivity index (χ0) is 18.8. The van der Waals surface area contributed by atoms with Crippen molar-refractivity contribution in [1.29, 1.82) is 0 Å². The second-order valence-corrected chi connectivity index (χ2v) is 6.29. The SMILES string of the molecule is Cc1ccccc1OCc1nc(Cc2cnn(C)c2)nn1-c1ncnn1C. The maximum atomic E-state index is 5.97. The van der Waals surface area contributed by atoms with Crippen LogP contribution in [0.1, 0.15) is 22.8 Å². The fourth-order valence-electron chi connectivity index (χ4n) is 2.81. The van der Waals surface area contributed by atoms with Crippen LogP contribution in [-0.4, -0.2) is 39.3 Å². The second kappa shape index (κ2) is 7.02. The Hall–Kier alpha value is -3.49. The lowest BCUT2D eigenvalue weighted by atomic mass is 10.2. The van der Waals surface area contributed by atoms with Crippen LogP contribution in [0.25, 0.3) is 5.95 Å². The molecule has 0 aliphatic heterocycles. The molecule has 3 heterocycles. The number of nitrogens with zero attached hydrogens (tertiary/aromatic N) is 8. The van der Waals surface area contributed by atoms with E-state index in [0.29, 0.717) is 24.0 Å². The summed E-state index contributed by atoms with van der Waals surface area (Å²) in [4.78, 5) is 8.95. The van der Waals surface area contributed by atoms with Crippen molar-refractivity contribution >= 4 is 0 Å². The first-order valence-corrected chi connectivity index (χ1v) is 8.55. The van der Waals surface area contributed by atoms with E-state index in [2.05, 4.69) is 25.3 Å². The number of ether oxygens (including phenoxy) is 1. The quantitative estimate of drug-likeness (QED) is 0.516. The summed E-state index contributed by atoms with van der Waals surface area (Å²) in [6.07, 6.45) is 5.83. The summed E-state index contributed by atoms with van der Waals surface area (Å²) in [5.41, 5.74) is 2.11. The highest BCUT2D eigenvalue weighted by atomic mass is 16.5. The molecule has 0 aliphatic rings. The van der Waals surface area contributed by atoms with E-state index in [0.717, 1.165) is 16.9 Å². The van der Waals surface area contributed by atoms with Gasteiger partial charge in [-0.1, -0.05) is 18.2 Å². The predicted octanol–water partition coefficient (Wildman–Crippen LogP) is 1.61. The van der Waals surface area contributed by atoms with Crippen molar-refractivity contribution < 1.29 is 4.74 Å². The van der Waals surface area contributed by atoms with Gasteiger partial charge in [0.05, 0.1) is 6.20 Å². The molecule has 0 aliphatic carbocycles. The highest BCUT2D eigenvalue weighted by molar-refractivity contribution is 5.31. The van der Waals surface area contributed by atoms with Crippen molar-refractivity contribution in [3.8, 4) is 11.7 Å². The van der Waals surface area contributed by atoms with Gasteiger partial charge in [-0.2, -0.15) is 19.9 Å². The zero-order valence-corrected chi connectivity index (χ0v) is 15.4. The van der Waals surface area contributed by atoms with E-state index in [9.17, 15) is 0 Å². The highest BCUT2D eigenvalue weighted by Crippen LogP contribution is 2.18. The Bertz CT molecular complexity index is 1060. The smallest absolute Gasteiger partial charge is 0.250 e. The number of para-hydroxylation sites is 1. The lowest BCUT2D eigenvalue weighted by Gasteiger charge is -2.09. The molecule has 0 N–H and O–H groups in total. The van der Waals surface area contributed by atoms with E-state index >= 15 is 0 Å². The van der Waals surface area contributed by atoms with Gasteiger partial charge in [0.15, 0.2) is 11.6 Å². The maximum absolute atomic E-state index is 5.97. The van der Waals surface area contributed by atoms with Crippen molar-refractivity contribution in [2.75, 3.05) is 0 Å². The first-order chi connectivity index (χ1) is 13.1. The molecule has 0 saturated heterocycles. The molecule has 9 heteroatoms. The molecular weight excluding hydrogens is 344 g/mol. The molecule has 138 valence electrons. The van der Waals surface area contributed by atoms with Crippen molar-refractivity contribution in [3.63, 3.8) is 0 Å². The molecule has 3 aromatic heterocycles. The van der Waals surface area contributed by atoms with Gasteiger partial charge in [0.2, 0.25) is 0 Å². The molecule has 0 unspecified atom stereocenters. The van der Waals surface area contributed by atoms with Gasteiger partial charge < -0.3 is 4.74 Å². The van der Waals surface area contributed by atoms with Gasteiger partial charge >= 0.3 is 0 Å². The molecule has 0 radical (unpaired) electrons. The highest BCUT2D eigenvalue weighted by Gasteiger charge is 2.17. The van der Waals surface area contributed by atoms with E-state index in [1.54, 1.807) is 14.0 Å². The van der Waals surface area contributed by atoms with Crippen LogP contribution in [0.5, 0.6) is 5.75 Å². The molecule has 0 amide bonds. The van der Waals surface area contributed by atoms with Crippen LogP contribution in [0.4, 0.5) is 0 Å². The maximum Gasteiger partial charge on any atom is 0.250 e. The summed E-state index contributed by atoms with van der Waals surface area (Å²) >= 11 is 0. The topological polar surface area (TPSA) is 88.5 Å². The summed E-state index contributed by atoms with van der Waals surface area (Å²) in [7, 11) is 3.70. The van der Waals surface area contributed by atoms with Gasteiger partial charge in [0.25, 0.3) is 5.95 Å². The Labute approximate surface area is 156 Å². The Morgan fingerprint density at radius 1 is 1.11 bits per heavy atom. The molecule has 0 saturated carbocycles. The van der Waals surface area contributed by atoms with Crippen LogP contribution in [0.15, 0.2) is 43.0 Å². The van der Waals surface area contributed by atoms with Gasteiger partial charge in [-0.3, -0.25) is 4.68 Å². The lowest BCUT2D eigenvalue weighted by molar-refractivity contribution is 0.289. The van der Waals surface area contributed by atoms with Crippen LogP contribution >= 0.6 is 0 Å². The first kappa shape index (κ1) is 17.0. The summed E-state index contributed by atoms with van der Waals surface area (Å²) < 4.78 is 11.1. The molecular formula is C18H20N8O. The van der Waals surface area contributed by atoms with Gasteiger partial charge in [-0.15, -0.1) is 5.10 Å². The minimum absolute atomic E-state index is 0.276. The minimum Gasteiger partial charge on any atom is -0.485 e. The van der Waals surface area contributed by atoms with Crippen molar-refractivity contribution in [2.45, 2.75) is 20.0 Å². The number of aromatic nitrogens is 8. The third-order valence-corrected chi connectivity index (χ3v) is 4.17. The van der Waals surface area contributed by atoms with Crippen molar-refractivity contribution in [3.05, 3.63) is 65.8 Å². The van der Waals surface area contributed by atoms with Gasteiger partial charge in [0, 0.05) is 26.7 Å². The van der Waals surface area contributed by atoms with E-state index in [1.165, 1.54) is 6.33 Å². The Morgan fingerprint density at radius 3 is 2.67 bits per heavy atom. The largest absolute Gasteiger partial charge is 0.485 e. The first-order valence-electron chi connectivity index (χ1n) is 8.55. The van der Waals surface area contributed by atoms with Gasteiger partial charge in [0.1, 0.15) is 18.7 Å². The summed E-state index contributed by atoms with van der Waals surface area (Å²) in [6.45, 7) is 2.29. The van der Waals surface area contributed by atoms with Crippen LogP contribution in [-0.2, 0) is 27.1 Å². The number of rotatable bonds is 6. The molecule has 1 aromatic carbocycles. The molecule has 9 nitrogen and oxygen atoms in total. The van der Waals surface area contributed by atoms with Gasteiger partial charge in [-0.05, 0) is 24.1 Å². The molecule has 0 fully saturated rings. The second-order valence-electron chi connectivity index (χ2n) is 6.29. The molecule has 27 heavy (non-hydrogen) atoms. The standard InChI is InChI=1S/C18H20N8O/c1-13-6-4-5-7-15(13)27-11-17-22-16(8-14-9-20-24(2)10-14)23-26(17)18-19-12-21-25(18)3/h4-7,9-10,12H,8,11H2,1-3H3. The van der Waals surface area contributed by atoms with E-state index in [4.69, 9.17) is 4.74 Å². The number of hydrogen-bond donors (Lipinski definition) is 0. The fraction of sp³-hybridized carbons (Fsp3) is 0.278. The minimum atomic E-state index is 0.276. The molecule has 0 atom stereocenters. The van der Waals surface area contributed by atoms with Crippen molar-refractivity contribution in [2.24, 2.45) is 14.1 Å². The van der Waals surface area contributed by atoms with Crippen LogP contribution in [0.3, 0.4) is 0 Å². The van der Waals surface area contributed by atoms with E-state index in [1.807, 2.05) is 57.7 Å². The number of hydrogen-bond acceptors (Lipinski definition) is 6. The van der Waals surface area contributed by atoms with Crippen LogP contribution < -0.4 is 4.74 Å². The number of aryl methyl sites for hydroxylation is 3.